The third kappa shape index (κ3) is 2.09. The van der Waals surface area contributed by atoms with E-state index in [9.17, 15) is 0 Å². The van der Waals surface area contributed by atoms with Crippen LogP contribution >= 0.6 is 22.9 Å². The summed E-state index contributed by atoms with van der Waals surface area (Å²) in [5.74, 6) is 1.58. The fourth-order valence-corrected chi connectivity index (χ4v) is 2.51. The molecule has 0 aliphatic heterocycles. The molecule has 3 rings (SSSR count). The van der Waals surface area contributed by atoms with Crippen molar-refractivity contribution >= 4 is 39.0 Å². The number of hydrogen-bond donors (Lipinski definition) is 2. The van der Waals surface area contributed by atoms with E-state index in [1.54, 1.807) is 12.4 Å². The van der Waals surface area contributed by atoms with Gasteiger partial charge in [-0.2, -0.15) is 0 Å². The molecule has 0 saturated carbocycles. The summed E-state index contributed by atoms with van der Waals surface area (Å²) in [5.41, 5.74) is 0. The van der Waals surface area contributed by atoms with E-state index in [0.717, 1.165) is 21.9 Å². The maximum absolute atomic E-state index is 5.86. The molecule has 0 atom stereocenters. The molecule has 0 fully saturated rings. The zero-order valence-corrected chi connectivity index (χ0v) is 10.2. The molecule has 3 aromatic rings. The van der Waals surface area contributed by atoms with Crippen LogP contribution in [-0.4, -0.2) is 19.9 Å². The van der Waals surface area contributed by atoms with Gasteiger partial charge in [0, 0.05) is 12.4 Å². The number of aromatic nitrogens is 4. The summed E-state index contributed by atoms with van der Waals surface area (Å²) >= 11 is 7.40. The number of rotatable bonds is 3. The highest BCUT2D eigenvalue weighted by atomic mass is 35.5. The van der Waals surface area contributed by atoms with E-state index in [0.29, 0.717) is 6.54 Å². The monoisotopic (exact) mass is 265 g/mol. The van der Waals surface area contributed by atoms with Gasteiger partial charge in [0.25, 0.3) is 0 Å². The lowest BCUT2D eigenvalue weighted by Gasteiger charge is -2.05. The van der Waals surface area contributed by atoms with E-state index < -0.39 is 0 Å². The Morgan fingerprint density at radius 3 is 3.18 bits per heavy atom. The van der Waals surface area contributed by atoms with Crippen molar-refractivity contribution in [3.63, 3.8) is 0 Å². The number of fused-ring (bicyclic) bond motifs is 1. The summed E-state index contributed by atoms with van der Waals surface area (Å²) in [6, 6.07) is 1.97. The van der Waals surface area contributed by atoms with Crippen LogP contribution in [0.5, 0.6) is 0 Å². The van der Waals surface area contributed by atoms with Crippen LogP contribution in [0.2, 0.25) is 5.28 Å². The predicted octanol–water partition coefficient (Wildman–Crippen LogP) is 2.68. The number of H-pyrrole nitrogens is 1. The summed E-state index contributed by atoms with van der Waals surface area (Å²) in [6.07, 6.45) is 3.49. The Morgan fingerprint density at radius 2 is 2.35 bits per heavy atom. The average Bonchev–Trinajstić information content (AvgIpc) is 2.95. The highest BCUT2D eigenvalue weighted by Crippen LogP contribution is 2.26. The average molecular weight is 266 g/mol. The fraction of sp³-hybridized carbons (Fsp3) is 0.100. The molecule has 0 aliphatic carbocycles. The standard InChI is InChI=1S/C10H8ClN5S/c11-10-15-8(6-1-4-17-9(6)16-10)14-5-7-12-2-3-13-7/h1-4H,5H2,(H,12,13)(H,14,15,16). The molecular formula is C10H8ClN5S. The number of nitrogens with zero attached hydrogens (tertiary/aromatic N) is 3. The largest absolute Gasteiger partial charge is 0.362 e. The van der Waals surface area contributed by atoms with Crippen LogP contribution in [-0.2, 0) is 6.54 Å². The van der Waals surface area contributed by atoms with Gasteiger partial charge in [0.1, 0.15) is 16.5 Å². The zero-order valence-electron chi connectivity index (χ0n) is 8.64. The lowest BCUT2D eigenvalue weighted by atomic mass is 10.4. The molecule has 7 heteroatoms. The Balaban J connectivity index is 1.91. The van der Waals surface area contributed by atoms with Crippen molar-refractivity contribution in [2.45, 2.75) is 6.54 Å². The Kier molecular flexibility index (Phi) is 2.66. The molecule has 0 spiro atoms. The van der Waals surface area contributed by atoms with Crippen LogP contribution in [0.25, 0.3) is 10.2 Å². The first-order valence-corrected chi connectivity index (χ1v) is 6.21. The summed E-state index contributed by atoms with van der Waals surface area (Å²) in [7, 11) is 0. The first kappa shape index (κ1) is 10.5. The predicted molar refractivity (Wildman–Crippen MR) is 68.3 cm³/mol. The number of imidazole rings is 1. The van der Waals surface area contributed by atoms with Crippen LogP contribution in [0.4, 0.5) is 5.82 Å². The van der Waals surface area contributed by atoms with Gasteiger partial charge in [0.2, 0.25) is 5.28 Å². The van der Waals surface area contributed by atoms with Gasteiger partial charge >= 0.3 is 0 Å². The molecule has 0 radical (unpaired) electrons. The summed E-state index contributed by atoms with van der Waals surface area (Å²) in [4.78, 5) is 16.4. The first-order valence-electron chi connectivity index (χ1n) is 4.96. The van der Waals surface area contributed by atoms with Crippen molar-refractivity contribution in [2.75, 3.05) is 5.32 Å². The number of thiophene rings is 1. The number of aromatic amines is 1. The van der Waals surface area contributed by atoms with Crippen molar-refractivity contribution in [2.24, 2.45) is 0 Å². The number of anilines is 1. The number of halogens is 1. The third-order valence-corrected chi connectivity index (χ3v) is 3.25. The van der Waals surface area contributed by atoms with Crippen LogP contribution < -0.4 is 5.32 Å². The SMILES string of the molecule is Clc1nc(NCc2ncc[nH]2)c2ccsc2n1. The second-order valence-electron chi connectivity index (χ2n) is 3.37. The first-order chi connectivity index (χ1) is 8.33. The highest BCUT2D eigenvalue weighted by Gasteiger charge is 2.07. The van der Waals surface area contributed by atoms with Gasteiger partial charge in [-0.05, 0) is 23.0 Å². The van der Waals surface area contributed by atoms with Gasteiger partial charge in [-0.25, -0.2) is 15.0 Å². The molecule has 86 valence electrons. The zero-order chi connectivity index (χ0) is 11.7. The van der Waals surface area contributed by atoms with E-state index >= 15 is 0 Å². The minimum absolute atomic E-state index is 0.252. The van der Waals surface area contributed by atoms with Crippen molar-refractivity contribution in [1.82, 2.24) is 19.9 Å². The molecule has 0 amide bonds. The van der Waals surface area contributed by atoms with Crippen molar-refractivity contribution in [1.29, 1.82) is 0 Å². The summed E-state index contributed by atoms with van der Waals surface area (Å²) in [5, 5.41) is 6.39. The molecule has 0 aliphatic rings. The molecule has 2 N–H and O–H groups in total. The van der Waals surface area contributed by atoms with Gasteiger partial charge in [-0.1, -0.05) is 0 Å². The number of nitrogens with one attached hydrogen (secondary N) is 2. The van der Waals surface area contributed by atoms with Crippen LogP contribution in [0.15, 0.2) is 23.8 Å². The molecule has 0 saturated heterocycles. The second-order valence-corrected chi connectivity index (χ2v) is 4.60. The normalized spacial score (nSPS) is 10.9. The molecular weight excluding hydrogens is 258 g/mol. The quantitative estimate of drug-likeness (QED) is 0.715. The third-order valence-electron chi connectivity index (χ3n) is 2.28. The van der Waals surface area contributed by atoms with E-state index in [1.807, 2.05) is 11.4 Å². The van der Waals surface area contributed by atoms with Gasteiger partial charge < -0.3 is 10.3 Å². The summed E-state index contributed by atoms with van der Waals surface area (Å²) < 4.78 is 0. The van der Waals surface area contributed by atoms with Crippen LogP contribution in [0.1, 0.15) is 5.82 Å². The molecule has 3 heterocycles. The maximum atomic E-state index is 5.86. The Hall–Kier alpha value is -1.66. The van der Waals surface area contributed by atoms with Crippen LogP contribution in [0.3, 0.4) is 0 Å². The molecule has 3 aromatic heterocycles. The van der Waals surface area contributed by atoms with Crippen LogP contribution in [0, 0.1) is 0 Å². The minimum atomic E-state index is 0.252. The van der Waals surface area contributed by atoms with Gasteiger partial charge in [-0.15, -0.1) is 11.3 Å². The van der Waals surface area contributed by atoms with Gasteiger partial charge in [0.15, 0.2) is 0 Å². The Labute approximate surface area is 106 Å². The highest BCUT2D eigenvalue weighted by molar-refractivity contribution is 7.16. The Bertz CT molecular complexity index is 633. The van der Waals surface area contributed by atoms with E-state index in [2.05, 4.69) is 25.3 Å². The lowest BCUT2D eigenvalue weighted by Crippen LogP contribution is -2.03. The van der Waals surface area contributed by atoms with E-state index in [1.165, 1.54) is 11.3 Å². The molecule has 5 nitrogen and oxygen atoms in total. The smallest absolute Gasteiger partial charge is 0.225 e. The maximum Gasteiger partial charge on any atom is 0.225 e. The topological polar surface area (TPSA) is 66.5 Å². The minimum Gasteiger partial charge on any atom is -0.362 e. The lowest BCUT2D eigenvalue weighted by molar-refractivity contribution is 0.989. The van der Waals surface area contributed by atoms with Gasteiger partial charge in [0.05, 0.1) is 11.9 Å². The van der Waals surface area contributed by atoms with Crippen molar-refractivity contribution in [3.05, 3.63) is 34.9 Å². The molecule has 0 aromatic carbocycles. The van der Waals surface area contributed by atoms with Crippen molar-refractivity contribution in [3.8, 4) is 0 Å². The Morgan fingerprint density at radius 1 is 1.41 bits per heavy atom. The number of hydrogen-bond acceptors (Lipinski definition) is 5. The van der Waals surface area contributed by atoms with E-state index in [-0.39, 0.29) is 5.28 Å². The van der Waals surface area contributed by atoms with Crippen molar-refractivity contribution < 1.29 is 0 Å². The van der Waals surface area contributed by atoms with E-state index in [4.69, 9.17) is 11.6 Å². The second kappa shape index (κ2) is 4.31. The van der Waals surface area contributed by atoms with Gasteiger partial charge in [-0.3, -0.25) is 0 Å². The fourth-order valence-electron chi connectivity index (χ4n) is 1.53. The molecule has 0 bridgehead atoms. The molecule has 0 unspecified atom stereocenters. The summed E-state index contributed by atoms with van der Waals surface area (Å²) in [6.45, 7) is 0.575. The molecule has 17 heavy (non-hydrogen) atoms.